The summed E-state index contributed by atoms with van der Waals surface area (Å²) in [6.07, 6.45) is 0.382. The van der Waals surface area contributed by atoms with Crippen LogP contribution in [0, 0.1) is 5.92 Å². The minimum atomic E-state index is 0.121. The van der Waals surface area contributed by atoms with E-state index in [1.165, 1.54) is 5.56 Å². The lowest BCUT2D eigenvalue weighted by molar-refractivity contribution is -0.0257. The second kappa shape index (κ2) is 7.93. The molecule has 0 aliphatic heterocycles. The van der Waals surface area contributed by atoms with E-state index in [-0.39, 0.29) is 12.2 Å². The SMILES string of the molecule is CCNCC(OC(C)C(C)C)c1ccc(Br)cc1. The molecule has 0 heterocycles. The molecule has 3 heteroatoms. The maximum absolute atomic E-state index is 6.16. The number of hydrogen-bond donors (Lipinski definition) is 1. The van der Waals surface area contributed by atoms with Gasteiger partial charge in [-0.1, -0.05) is 48.8 Å². The number of ether oxygens (including phenoxy) is 1. The Morgan fingerprint density at radius 2 is 1.78 bits per heavy atom. The van der Waals surface area contributed by atoms with Gasteiger partial charge in [-0.2, -0.15) is 0 Å². The summed E-state index contributed by atoms with van der Waals surface area (Å²) in [4.78, 5) is 0. The second-order valence-electron chi connectivity index (χ2n) is 4.93. The molecule has 1 rings (SSSR count). The fraction of sp³-hybridized carbons (Fsp3) is 0.600. The molecule has 2 atom stereocenters. The van der Waals surface area contributed by atoms with Crippen molar-refractivity contribution in [3.63, 3.8) is 0 Å². The quantitative estimate of drug-likeness (QED) is 0.816. The largest absolute Gasteiger partial charge is 0.369 e. The predicted octanol–water partition coefficient (Wildman–Crippen LogP) is 4.16. The van der Waals surface area contributed by atoms with Crippen LogP contribution in [0.25, 0.3) is 0 Å². The van der Waals surface area contributed by atoms with Gasteiger partial charge in [-0.3, -0.25) is 0 Å². The maximum Gasteiger partial charge on any atom is 0.0952 e. The van der Waals surface area contributed by atoms with E-state index >= 15 is 0 Å². The molecule has 0 fully saturated rings. The van der Waals surface area contributed by atoms with Crippen LogP contribution in [0.4, 0.5) is 0 Å². The van der Waals surface area contributed by atoms with Crippen LogP contribution in [0.5, 0.6) is 0 Å². The van der Waals surface area contributed by atoms with Crippen LogP contribution < -0.4 is 5.32 Å². The van der Waals surface area contributed by atoms with Crippen molar-refractivity contribution in [2.75, 3.05) is 13.1 Å². The van der Waals surface area contributed by atoms with Crippen molar-refractivity contribution in [1.82, 2.24) is 5.32 Å². The van der Waals surface area contributed by atoms with Gasteiger partial charge in [0.25, 0.3) is 0 Å². The number of rotatable bonds is 7. The fourth-order valence-electron chi connectivity index (χ4n) is 1.61. The average molecular weight is 314 g/mol. The van der Waals surface area contributed by atoms with Gasteiger partial charge >= 0.3 is 0 Å². The van der Waals surface area contributed by atoms with Gasteiger partial charge in [-0.25, -0.2) is 0 Å². The van der Waals surface area contributed by atoms with E-state index in [9.17, 15) is 0 Å². The van der Waals surface area contributed by atoms with E-state index in [4.69, 9.17) is 4.74 Å². The average Bonchev–Trinajstić information content (AvgIpc) is 2.35. The van der Waals surface area contributed by atoms with Gasteiger partial charge < -0.3 is 10.1 Å². The first-order valence-electron chi connectivity index (χ1n) is 6.66. The van der Waals surface area contributed by atoms with Gasteiger partial charge in [0, 0.05) is 11.0 Å². The van der Waals surface area contributed by atoms with Crippen LogP contribution >= 0.6 is 15.9 Å². The smallest absolute Gasteiger partial charge is 0.0952 e. The number of benzene rings is 1. The molecule has 0 spiro atoms. The molecular weight excluding hydrogens is 290 g/mol. The van der Waals surface area contributed by atoms with Gasteiger partial charge in [0.2, 0.25) is 0 Å². The lowest BCUT2D eigenvalue weighted by Gasteiger charge is -2.25. The Balaban J connectivity index is 2.73. The summed E-state index contributed by atoms with van der Waals surface area (Å²) in [5, 5.41) is 3.37. The zero-order valence-corrected chi connectivity index (χ0v) is 13.3. The first kappa shape index (κ1) is 15.7. The third-order valence-corrected chi connectivity index (χ3v) is 3.67. The molecule has 2 unspecified atom stereocenters. The van der Waals surface area contributed by atoms with Gasteiger partial charge in [0.05, 0.1) is 12.2 Å². The van der Waals surface area contributed by atoms with Crippen LogP contribution in [0.15, 0.2) is 28.7 Å². The van der Waals surface area contributed by atoms with Crippen molar-refractivity contribution < 1.29 is 4.74 Å². The standard InChI is InChI=1S/C15H24BrNO/c1-5-17-10-15(18-12(4)11(2)3)13-6-8-14(16)9-7-13/h6-9,11-12,15,17H,5,10H2,1-4H3. The molecule has 1 N–H and O–H groups in total. The Hall–Kier alpha value is -0.380. The lowest BCUT2D eigenvalue weighted by Crippen LogP contribution is -2.27. The number of nitrogens with one attached hydrogen (secondary N) is 1. The molecule has 1 aromatic rings. The highest BCUT2D eigenvalue weighted by atomic mass is 79.9. The molecule has 0 aromatic heterocycles. The summed E-state index contributed by atoms with van der Waals surface area (Å²) < 4.78 is 7.26. The first-order valence-corrected chi connectivity index (χ1v) is 7.45. The molecule has 0 saturated heterocycles. The van der Waals surface area contributed by atoms with E-state index in [0.29, 0.717) is 5.92 Å². The molecular formula is C15H24BrNO. The molecule has 0 saturated carbocycles. The molecule has 0 aliphatic rings. The highest BCUT2D eigenvalue weighted by Gasteiger charge is 2.17. The summed E-state index contributed by atoms with van der Waals surface area (Å²) in [6.45, 7) is 10.5. The van der Waals surface area contributed by atoms with Crippen molar-refractivity contribution in [3.8, 4) is 0 Å². The molecule has 0 radical (unpaired) electrons. The summed E-state index contributed by atoms with van der Waals surface area (Å²) in [5.41, 5.74) is 1.23. The highest BCUT2D eigenvalue weighted by Crippen LogP contribution is 2.23. The van der Waals surface area contributed by atoms with Crippen molar-refractivity contribution in [3.05, 3.63) is 34.3 Å². The van der Waals surface area contributed by atoms with Crippen LogP contribution in [-0.2, 0) is 4.74 Å². The van der Waals surface area contributed by atoms with E-state index in [1.54, 1.807) is 0 Å². The van der Waals surface area contributed by atoms with Crippen molar-refractivity contribution in [2.45, 2.75) is 39.9 Å². The minimum Gasteiger partial charge on any atom is -0.369 e. The highest BCUT2D eigenvalue weighted by molar-refractivity contribution is 9.10. The molecule has 18 heavy (non-hydrogen) atoms. The van der Waals surface area contributed by atoms with E-state index in [0.717, 1.165) is 17.6 Å². The van der Waals surface area contributed by atoms with Crippen molar-refractivity contribution in [2.24, 2.45) is 5.92 Å². The van der Waals surface area contributed by atoms with Crippen LogP contribution in [0.1, 0.15) is 39.4 Å². The van der Waals surface area contributed by atoms with Gasteiger partial charge in [-0.05, 0) is 37.1 Å². The Morgan fingerprint density at radius 1 is 1.17 bits per heavy atom. The number of halogens is 1. The molecule has 2 nitrogen and oxygen atoms in total. The minimum absolute atomic E-state index is 0.121. The molecule has 0 aliphatic carbocycles. The fourth-order valence-corrected chi connectivity index (χ4v) is 1.88. The zero-order valence-electron chi connectivity index (χ0n) is 11.7. The van der Waals surface area contributed by atoms with E-state index in [1.807, 2.05) is 0 Å². The van der Waals surface area contributed by atoms with Crippen LogP contribution in [-0.4, -0.2) is 19.2 Å². The van der Waals surface area contributed by atoms with Gasteiger partial charge in [0.15, 0.2) is 0 Å². The summed E-state index contributed by atoms with van der Waals surface area (Å²) in [6, 6.07) is 8.38. The Bertz CT molecular complexity index is 337. The maximum atomic E-state index is 6.16. The Morgan fingerprint density at radius 3 is 2.28 bits per heavy atom. The number of likely N-dealkylation sites (N-methyl/N-ethyl adjacent to an activating group) is 1. The zero-order chi connectivity index (χ0) is 13.5. The Labute approximate surface area is 119 Å². The summed E-state index contributed by atoms with van der Waals surface area (Å²) >= 11 is 3.46. The lowest BCUT2D eigenvalue weighted by atomic mass is 10.1. The van der Waals surface area contributed by atoms with Crippen LogP contribution in [0.3, 0.4) is 0 Å². The molecule has 102 valence electrons. The topological polar surface area (TPSA) is 21.3 Å². The first-order chi connectivity index (χ1) is 8.54. The third kappa shape index (κ3) is 5.09. The van der Waals surface area contributed by atoms with Gasteiger partial charge in [-0.15, -0.1) is 0 Å². The normalized spacial score (nSPS) is 14.8. The van der Waals surface area contributed by atoms with Crippen LogP contribution in [0.2, 0.25) is 0 Å². The number of hydrogen-bond acceptors (Lipinski definition) is 2. The molecule has 0 bridgehead atoms. The van der Waals surface area contributed by atoms with Crippen molar-refractivity contribution >= 4 is 15.9 Å². The monoisotopic (exact) mass is 313 g/mol. The third-order valence-electron chi connectivity index (χ3n) is 3.14. The van der Waals surface area contributed by atoms with Gasteiger partial charge in [0.1, 0.15) is 0 Å². The van der Waals surface area contributed by atoms with E-state index < -0.39 is 0 Å². The Kier molecular flexibility index (Phi) is 6.90. The summed E-state index contributed by atoms with van der Waals surface area (Å²) in [7, 11) is 0. The second-order valence-corrected chi connectivity index (χ2v) is 5.85. The predicted molar refractivity (Wildman–Crippen MR) is 80.8 cm³/mol. The summed E-state index contributed by atoms with van der Waals surface area (Å²) in [5.74, 6) is 0.532. The van der Waals surface area contributed by atoms with E-state index in [2.05, 4.69) is 73.2 Å². The van der Waals surface area contributed by atoms with Crippen molar-refractivity contribution in [1.29, 1.82) is 0 Å². The molecule has 0 amide bonds. The molecule has 1 aromatic carbocycles.